The first-order valence-electron chi connectivity index (χ1n) is 9.08. The van der Waals surface area contributed by atoms with Gasteiger partial charge in [0.15, 0.2) is 6.20 Å². The second-order valence-electron chi connectivity index (χ2n) is 6.54. The van der Waals surface area contributed by atoms with Gasteiger partial charge in [0.2, 0.25) is 5.69 Å². The van der Waals surface area contributed by atoms with Crippen LogP contribution in [0.3, 0.4) is 0 Å². The van der Waals surface area contributed by atoms with E-state index in [-0.39, 0.29) is 5.75 Å². The number of aromatic nitrogens is 1. The Morgan fingerprint density at radius 3 is 1.75 bits per heavy atom. The lowest BCUT2D eigenvalue weighted by Gasteiger charge is -2.10. The molecule has 0 unspecified atom stereocenters. The predicted molar refractivity (Wildman–Crippen MR) is 112 cm³/mol. The second-order valence-corrected chi connectivity index (χ2v) is 8.39. The predicted octanol–water partition coefficient (Wildman–Crippen LogP) is 4.69. The van der Waals surface area contributed by atoms with Gasteiger partial charge in [-0.25, -0.2) is 0 Å². The van der Waals surface area contributed by atoms with Crippen molar-refractivity contribution in [3.8, 4) is 22.4 Å². The smallest absolute Gasteiger partial charge is 0.163 e. The van der Waals surface area contributed by atoms with Crippen molar-refractivity contribution < 1.29 is 12.4 Å². The van der Waals surface area contributed by atoms with Crippen LogP contribution in [0, 0.1) is 0 Å². The minimum Gasteiger partial charge on any atom is -0.163 e. The molecular weight excluding hydrogens is 366 g/mol. The van der Waals surface area contributed by atoms with E-state index in [0.717, 1.165) is 22.3 Å². The molecule has 0 radical (unpaired) electrons. The summed E-state index contributed by atoms with van der Waals surface area (Å²) in [6.07, 6.45) is 1.63. The molecular formula is C24H20NO2S+. The standard InChI is InChI=1S/C24H20NO2S/c26-28(27,19-20-11-4-1-5-12-20)25-18-10-17-23(21-13-6-2-7-14-21)24(25)22-15-8-3-9-16-22/h1-18H,19H2/q+1. The van der Waals surface area contributed by atoms with Crippen LogP contribution in [0.2, 0.25) is 0 Å². The maximum atomic E-state index is 13.3. The summed E-state index contributed by atoms with van der Waals surface area (Å²) in [5, 5.41) is 0. The van der Waals surface area contributed by atoms with E-state index in [1.165, 1.54) is 3.97 Å². The first kappa shape index (κ1) is 18.1. The molecule has 0 saturated carbocycles. The van der Waals surface area contributed by atoms with Gasteiger partial charge in [0, 0.05) is 11.6 Å². The fourth-order valence-corrected chi connectivity index (χ4v) is 4.80. The van der Waals surface area contributed by atoms with E-state index < -0.39 is 10.0 Å². The van der Waals surface area contributed by atoms with E-state index >= 15 is 0 Å². The van der Waals surface area contributed by atoms with Crippen molar-refractivity contribution in [1.29, 1.82) is 0 Å². The third kappa shape index (κ3) is 3.73. The highest BCUT2D eigenvalue weighted by molar-refractivity contribution is 7.84. The van der Waals surface area contributed by atoms with Gasteiger partial charge in [-0.05, 0) is 29.3 Å². The highest BCUT2D eigenvalue weighted by Crippen LogP contribution is 2.29. The largest absolute Gasteiger partial charge is 0.374 e. The number of rotatable bonds is 5. The molecule has 0 aliphatic heterocycles. The average Bonchev–Trinajstić information content (AvgIpc) is 2.75. The molecule has 0 N–H and O–H groups in total. The summed E-state index contributed by atoms with van der Waals surface area (Å²) in [5.74, 6) is -0.0589. The Labute approximate surface area is 165 Å². The third-order valence-corrected chi connectivity index (χ3v) is 6.19. The van der Waals surface area contributed by atoms with E-state index in [2.05, 4.69) is 0 Å². The topological polar surface area (TPSA) is 38.0 Å². The summed E-state index contributed by atoms with van der Waals surface area (Å²) in [6, 6.07) is 32.5. The Bertz CT molecular complexity index is 1170. The maximum absolute atomic E-state index is 13.3. The van der Waals surface area contributed by atoms with Crippen molar-refractivity contribution in [2.45, 2.75) is 5.75 Å². The molecule has 0 bridgehead atoms. The highest BCUT2D eigenvalue weighted by Gasteiger charge is 2.30. The third-order valence-electron chi connectivity index (χ3n) is 4.58. The molecule has 3 nitrogen and oxygen atoms in total. The molecule has 1 aromatic heterocycles. The van der Waals surface area contributed by atoms with Crippen molar-refractivity contribution in [2.75, 3.05) is 0 Å². The first-order chi connectivity index (χ1) is 13.6. The van der Waals surface area contributed by atoms with Crippen molar-refractivity contribution in [3.05, 3.63) is 115 Å². The summed E-state index contributed by atoms with van der Waals surface area (Å²) in [6.45, 7) is 0. The van der Waals surface area contributed by atoms with Crippen LogP contribution in [0.25, 0.3) is 22.4 Å². The van der Waals surface area contributed by atoms with Crippen LogP contribution in [0.5, 0.6) is 0 Å². The van der Waals surface area contributed by atoms with Crippen molar-refractivity contribution in [2.24, 2.45) is 0 Å². The number of nitrogens with zero attached hydrogens (tertiary/aromatic N) is 1. The first-order valence-corrected chi connectivity index (χ1v) is 10.7. The van der Waals surface area contributed by atoms with Gasteiger partial charge in [-0.3, -0.25) is 0 Å². The zero-order valence-electron chi connectivity index (χ0n) is 15.3. The van der Waals surface area contributed by atoms with Gasteiger partial charge in [0.05, 0.1) is 5.56 Å². The van der Waals surface area contributed by atoms with Crippen LogP contribution in [0.1, 0.15) is 5.56 Å². The van der Waals surface area contributed by atoms with Crippen molar-refractivity contribution in [1.82, 2.24) is 0 Å². The Morgan fingerprint density at radius 2 is 1.14 bits per heavy atom. The highest BCUT2D eigenvalue weighted by atomic mass is 32.2. The molecule has 0 spiro atoms. The van der Waals surface area contributed by atoms with Crippen LogP contribution in [-0.4, -0.2) is 8.42 Å². The lowest BCUT2D eigenvalue weighted by atomic mass is 10.00. The Hall–Kier alpha value is -3.24. The molecule has 1 heterocycles. The molecule has 0 saturated heterocycles. The summed E-state index contributed by atoms with van der Waals surface area (Å²) >= 11 is 0. The molecule has 0 atom stereocenters. The Kier molecular flexibility index (Phi) is 5.04. The van der Waals surface area contributed by atoms with Gasteiger partial charge in [0.25, 0.3) is 0 Å². The van der Waals surface area contributed by atoms with Gasteiger partial charge < -0.3 is 0 Å². The molecule has 3 aromatic carbocycles. The van der Waals surface area contributed by atoms with Gasteiger partial charge >= 0.3 is 10.0 Å². The quantitative estimate of drug-likeness (QED) is 0.467. The maximum Gasteiger partial charge on any atom is 0.374 e. The zero-order valence-corrected chi connectivity index (χ0v) is 16.1. The molecule has 4 rings (SSSR count). The van der Waals surface area contributed by atoms with Crippen LogP contribution in [-0.2, 0) is 15.8 Å². The lowest BCUT2D eigenvalue weighted by molar-refractivity contribution is -0.498. The lowest BCUT2D eigenvalue weighted by Crippen LogP contribution is -2.45. The molecule has 0 amide bonds. The van der Waals surface area contributed by atoms with Gasteiger partial charge in [0.1, 0.15) is 5.75 Å². The number of hydrogen-bond donors (Lipinski definition) is 0. The normalized spacial score (nSPS) is 11.3. The summed E-state index contributed by atoms with van der Waals surface area (Å²) in [5.41, 5.74) is 4.15. The molecule has 0 aliphatic carbocycles. The van der Waals surface area contributed by atoms with E-state index in [4.69, 9.17) is 0 Å². The van der Waals surface area contributed by atoms with Crippen LogP contribution < -0.4 is 3.97 Å². The minimum atomic E-state index is -3.61. The molecule has 4 aromatic rings. The second kappa shape index (κ2) is 7.79. The van der Waals surface area contributed by atoms with E-state index in [1.54, 1.807) is 12.3 Å². The molecule has 28 heavy (non-hydrogen) atoms. The van der Waals surface area contributed by atoms with Gasteiger partial charge in [-0.15, -0.1) is 0 Å². The summed E-state index contributed by atoms with van der Waals surface area (Å²) in [7, 11) is -3.61. The summed E-state index contributed by atoms with van der Waals surface area (Å²) in [4.78, 5) is 0. The van der Waals surface area contributed by atoms with Gasteiger partial charge in [-0.2, -0.15) is 8.42 Å². The van der Waals surface area contributed by atoms with Crippen molar-refractivity contribution >= 4 is 10.0 Å². The average molecular weight is 386 g/mol. The monoisotopic (exact) mass is 386 g/mol. The molecule has 0 aliphatic rings. The molecule has 4 heteroatoms. The number of hydrogen-bond acceptors (Lipinski definition) is 2. The fraction of sp³-hybridized carbons (Fsp3) is 0.0417. The molecule has 138 valence electrons. The SMILES string of the molecule is O=S(=O)(Cc1ccccc1)[n+]1cccc(-c2ccccc2)c1-c1ccccc1. The van der Waals surface area contributed by atoms with Crippen molar-refractivity contribution in [3.63, 3.8) is 0 Å². The van der Waals surface area contributed by atoms with E-state index in [9.17, 15) is 8.42 Å². The van der Waals surface area contributed by atoms with Crippen LogP contribution in [0.15, 0.2) is 109 Å². The minimum absolute atomic E-state index is 0.0589. The fourth-order valence-electron chi connectivity index (χ4n) is 3.31. The Morgan fingerprint density at radius 1 is 0.607 bits per heavy atom. The van der Waals surface area contributed by atoms with Crippen LogP contribution >= 0.6 is 0 Å². The summed E-state index contributed by atoms with van der Waals surface area (Å²) < 4.78 is 28.1. The van der Waals surface area contributed by atoms with E-state index in [0.29, 0.717) is 5.69 Å². The molecule has 0 fully saturated rings. The zero-order chi connectivity index (χ0) is 19.4. The Balaban J connectivity index is 1.93. The number of pyridine rings is 1. The van der Waals surface area contributed by atoms with Gasteiger partial charge in [-0.1, -0.05) is 82.8 Å². The number of benzene rings is 3. The van der Waals surface area contributed by atoms with Crippen LogP contribution in [0.4, 0.5) is 0 Å². The van der Waals surface area contributed by atoms with E-state index in [1.807, 2.05) is 97.1 Å².